The molecule has 0 saturated heterocycles. The molecule has 9 nitrogen and oxygen atoms in total. The highest BCUT2D eigenvalue weighted by molar-refractivity contribution is 6.31. The lowest BCUT2D eigenvalue weighted by molar-refractivity contribution is -0.125. The zero-order valence-electron chi connectivity index (χ0n) is 25.9. The molecule has 1 amide bonds. The number of pyridine rings is 2. The first-order chi connectivity index (χ1) is 22.2. The molecule has 0 aliphatic carbocycles. The van der Waals surface area contributed by atoms with Crippen molar-refractivity contribution < 1.29 is 4.79 Å². The van der Waals surface area contributed by atoms with Crippen LogP contribution in [-0.2, 0) is 10.3 Å². The largest absolute Gasteiger partial charge is 0.345 e. The lowest BCUT2D eigenvalue weighted by Gasteiger charge is -2.38. The molecule has 2 aromatic carbocycles. The molecule has 2 aliphatic rings. The van der Waals surface area contributed by atoms with Crippen molar-refractivity contribution in [1.29, 1.82) is 0 Å². The zero-order chi connectivity index (χ0) is 32.0. The number of hydrogen-bond acceptors (Lipinski definition) is 7. The van der Waals surface area contributed by atoms with Crippen LogP contribution in [-0.4, -0.2) is 49.7 Å². The van der Waals surface area contributed by atoms with Crippen molar-refractivity contribution >= 4 is 34.5 Å². The minimum Gasteiger partial charge on any atom is -0.345 e. The fourth-order valence-electron chi connectivity index (χ4n) is 6.62. The number of aromatic nitrogens is 4. The minimum absolute atomic E-state index is 0.00688. The first-order valence-electron chi connectivity index (χ1n) is 15.5. The van der Waals surface area contributed by atoms with Gasteiger partial charge in [-0.15, -0.1) is 0 Å². The Balaban J connectivity index is 1.30. The minimum atomic E-state index is -0.619. The lowest BCUT2D eigenvalue weighted by atomic mass is 9.84. The summed E-state index contributed by atoms with van der Waals surface area (Å²) in [5, 5.41) is 12.3. The van der Waals surface area contributed by atoms with Crippen LogP contribution in [0.5, 0.6) is 0 Å². The molecule has 7 rings (SSSR count). The summed E-state index contributed by atoms with van der Waals surface area (Å²) in [5.41, 5.74) is 4.09. The van der Waals surface area contributed by atoms with E-state index in [-0.39, 0.29) is 29.5 Å². The molecular weight excluding hydrogens is 598 g/mol. The molecule has 1 N–H and O–H groups in total. The number of halogens is 1. The molecule has 5 aromatic rings. The second-order valence-corrected chi connectivity index (χ2v) is 12.8. The standard InChI is InChI=1S/C36H34ClN7O2/c1-22-5-4-6-32(31-16-26(12-14-39-31)36(2)33(42-35(22)46)20-41-43(36)3)44-21-40-30(18-34(44)45)29-17-27(37)9-10-28(29)24-8-7-23-11-13-38-19-25(23)15-24/h7-22,32-33H,4-6H2,1-3H3,(H,42,46)/t22-,32+,33?,36?/m1/s1. The summed E-state index contributed by atoms with van der Waals surface area (Å²) in [4.78, 5) is 41.0. The van der Waals surface area contributed by atoms with Crippen molar-refractivity contribution in [2.75, 3.05) is 7.05 Å². The van der Waals surface area contributed by atoms with Crippen LogP contribution in [0, 0.1) is 5.92 Å². The molecule has 0 saturated carbocycles. The number of nitrogens with zero attached hydrogens (tertiary/aromatic N) is 6. The highest BCUT2D eigenvalue weighted by atomic mass is 35.5. The van der Waals surface area contributed by atoms with Crippen LogP contribution >= 0.6 is 11.6 Å². The van der Waals surface area contributed by atoms with Crippen LogP contribution in [0.3, 0.4) is 0 Å². The average molecular weight is 632 g/mol. The number of likely N-dealkylation sites (N-methyl/N-ethyl adjacent to an activating group) is 1. The maximum absolute atomic E-state index is 14.0. The Bertz CT molecular complexity index is 2060. The van der Waals surface area contributed by atoms with Gasteiger partial charge < -0.3 is 5.32 Å². The van der Waals surface area contributed by atoms with Gasteiger partial charge in [0, 0.05) is 59.8 Å². The third-order valence-electron chi connectivity index (χ3n) is 9.61. The predicted octanol–water partition coefficient (Wildman–Crippen LogP) is 6.21. The van der Waals surface area contributed by atoms with Gasteiger partial charge in [-0.3, -0.25) is 29.1 Å². The topological polar surface area (TPSA) is 105 Å². The van der Waals surface area contributed by atoms with Gasteiger partial charge in [-0.1, -0.05) is 43.1 Å². The lowest BCUT2D eigenvalue weighted by Crippen LogP contribution is -2.53. The third-order valence-corrected chi connectivity index (χ3v) is 9.85. The normalized spacial score (nSPS) is 23.0. The highest BCUT2D eigenvalue weighted by Crippen LogP contribution is 2.37. The van der Waals surface area contributed by atoms with Gasteiger partial charge in [0.2, 0.25) is 5.91 Å². The molecule has 4 atom stereocenters. The number of hydrogen-bond donors (Lipinski definition) is 1. The summed E-state index contributed by atoms with van der Waals surface area (Å²) < 4.78 is 1.66. The molecule has 0 spiro atoms. The van der Waals surface area contributed by atoms with Crippen LogP contribution in [0.4, 0.5) is 0 Å². The van der Waals surface area contributed by atoms with Gasteiger partial charge in [0.05, 0.1) is 29.8 Å². The number of benzene rings is 2. The molecule has 46 heavy (non-hydrogen) atoms. The number of carbonyl (C=O) groups is 1. The van der Waals surface area contributed by atoms with Gasteiger partial charge in [-0.05, 0) is 78.2 Å². The molecule has 2 bridgehead atoms. The van der Waals surface area contributed by atoms with Gasteiger partial charge in [-0.2, -0.15) is 5.10 Å². The second-order valence-electron chi connectivity index (χ2n) is 12.4. The first kappa shape index (κ1) is 29.8. The van der Waals surface area contributed by atoms with Gasteiger partial charge >= 0.3 is 0 Å². The summed E-state index contributed by atoms with van der Waals surface area (Å²) in [7, 11) is 1.90. The van der Waals surface area contributed by atoms with Crippen LogP contribution in [0.1, 0.15) is 50.4 Å². The van der Waals surface area contributed by atoms with Crippen LogP contribution in [0.2, 0.25) is 5.02 Å². The monoisotopic (exact) mass is 631 g/mol. The van der Waals surface area contributed by atoms with E-state index >= 15 is 0 Å². The average Bonchev–Trinajstić information content (AvgIpc) is 3.35. The van der Waals surface area contributed by atoms with Crippen LogP contribution in [0.25, 0.3) is 33.2 Å². The number of amides is 1. The Morgan fingerprint density at radius 1 is 0.935 bits per heavy atom. The van der Waals surface area contributed by atoms with E-state index in [1.54, 1.807) is 35.6 Å². The fourth-order valence-corrected chi connectivity index (χ4v) is 6.79. The maximum Gasteiger partial charge on any atom is 0.254 e. The van der Waals surface area contributed by atoms with E-state index in [4.69, 9.17) is 21.6 Å². The van der Waals surface area contributed by atoms with Crippen LogP contribution in [0.15, 0.2) is 95.5 Å². The Labute approximate surface area is 272 Å². The summed E-state index contributed by atoms with van der Waals surface area (Å²) >= 11 is 6.48. The summed E-state index contributed by atoms with van der Waals surface area (Å²) in [6, 6.07) is 18.7. The number of carbonyl (C=O) groups excluding carboxylic acids is 1. The molecular formula is C36H34ClN7O2. The van der Waals surface area contributed by atoms with E-state index in [0.29, 0.717) is 23.6 Å². The molecule has 3 aromatic heterocycles. The van der Waals surface area contributed by atoms with Crippen molar-refractivity contribution in [2.45, 2.75) is 50.7 Å². The molecule has 0 radical (unpaired) electrons. The predicted molar refractivity (Wildman–Crippen MR) is 181 cm³/mol. The van der Waals surface area contributed by atoms with Crippen molar-refractivity contribution in [2.24, 2.45) is 11.0 Å². The van der Waals surface area contributed by atoms with Gasteiger partial charge in [-0.25, -0.2) is 4.98 Å². The first-order valence-corrected chi connectivity index (χ1v) is 15.9. The zero-order valence-corrected chi connectivity index (χ0v) is 26.6. The molecule has 2 unspecified atom stereocenters. The SMILES string of the molecule is C[C@@H]1CCC[C@H](n2cnc(-c3cc(Cl)ccc3-c3ccc4ccncc4c3)cc2=O)c2cc(ccn2)C2(C)C(C=NN2C)NC1=O. The van der Waals surface area contributed by atoms with Gasteiger partial charge in [0.15, 0.2) is 0 Å². The van der Waals surface area contributed by atoms with Gasteiger partial charge in [0.1, 0.15) is 5.54 Å². The Hall–Kier alpha value is -4.89. The van der Waals surface area contributed by atoms with E-state index in [9.17, 15) is 9.59 Å². The van der Waals surface area contributed by atoms with Crippen LogP contribution < -0.4 is 10.9 Å². The van der Waals surface area contributed by atoms with Crippen molar-refractivity contribution in [3.63, 3.8) is 0 Å². The Morgan fingerprint density at radius 3 is 2.65 bits per heavy atom. The smallest absolute Gasteiger partial charge is 0.254 e. The van der Waals surface area contributed by atoms with E-state index in [1.807, 2.05) is 61.6 Å². The highest BCUT2D eigenvalue weighted by Gasteiger charge is 2.44. The van der Waals surface area contributed by atoms with Crippen molar-refractivity contribution in [3.8, 4) is 22.4 Å². The third kappa shape index (κ3) is 5.24. The molecule has 5 heterocycles. The summed E-state index contributed by atoms with van der Waals surface area (Å²) in [6.45, 7) is 4.00. The molecule has 2 aliphatic heterocycles. The quantitative estimate of drug-likeness (QED) is 0.254. The van der Waals surface area contributed by atoms with E-state index in [0.717, 1.165) is 45.1 Å². The maximum atomic E-state index is 14.0. The summed E-state index contributed by atoms with van der Waals surface area (Å²) in [5.74, 6) is -0.202. The Kier molecular flexibility index (Phi) is 7.64. The number of nitrogens with one attached hydrogen (secondary N) is 1. The van der Waals surface area contributed by atoms with E-state index in [2.05, 4.69) is 40.5 Å². The fraction of sp³-hybridized carbons (Fsp3) is 0.278. The van der Waals surface area contributed by atoms with E-state index < -0.39 is 5.54 Å². The van der Waals surface area contributed by atoms with Crippen molar-refractivity contribution in [3.05, 3.63) is 112 Å². The Morgan fingerprint density at radius 2 is 1.80 bits per heavy atom. The van der Waals surface area contributed by atoms with Gasteiger partial charge in [0.25, 0.3) is 5.56 Å². The second kappa shape index (κ2) is 11.8. The number of rotatable bonds is 3. The number of hydrazone groups is 1. The van der Waals surface area contributed by atoms with Crippen molar-refractivity contribution in [1.82, 2.24) is 29.8 Å². The molecule has 10 heteroatoms. The molecule has 232 valence electrons. The summed E-state index contributed by atoms with van der Waals surface area (Å²) in [6.07, 6.45) is 10.8. The van der Waals surface area contributed by atoms with E-state index in [1.165, 1.54) is 0 Å². The molecule has 0 fully saturated rings. The number of fused-ring (bicyclic) bond motifs is 5.